The predicted molar refractivity (Wildman–Crippen MR) is 69.2 cm³/mol. The average molecular weight is 326 g/mol. The topological polar surface area (TPSA) is 53.8 Å². The molecular formula is C12H17F3N2O3S. The normalized spacial score (nSPS) is 21.6. The highest BCUT2D eigenvalue weighted by molar-refractivity contribution is 7.89. The average Bonchev–Trinajstić information content (AvgIpc) is 2.78. The van der Waals surface area contributed by atoms with Gasteiger partial charge in [0.25, 0.3) is 10.0 Å². The summed E-state index contributed by atoms with van der Waals surface area (Å²) in [5, 5.41) is -0.195. The molecule has 0 aromatic carbocycles. The summed E-state index contributed by atoms with van der Waals surface area (Å²) in [5.41, 5.74) is -0.949. The quantitative estimate of drug-likeness (QED) is 0.852. The molecule has 1 fully saturated rings. The van der Waals surface area contributed by atoms with Gasteiger partial charge in [-0.05, 0) is 26.0 Å². The lowest BCUT2D eigenvalue weighted by Gasteiger charge is -2.45. The van der Waals surface area contributed by atoms with Crippen LogP contribution in [0.4, 0.5) is 13.2 Å². The molecule has 2 rings (SSSR count). The minimum atomic E-state index is -4.29. The fourth-order valence-electron chi connectivity index (χ4n) is 2.59. The van der Waals surface area contributed by atoms with E-state index in [1.807, 2.05) is 0 Å². The molecular weight excluding hydrogens is 309 g/mol. The minimum absolute atomic E-state index is 0.00640. The maximum atomic E-state index is 12.5. The lowest BCUT2D eigenvalue weighted by Crippen LogP contribution is -2.61. The first kappa shape index (κ1) is 16.3. The summed E-state index contributed by atoms with van der Waals surface area (Å²) in [4.78, 5) is 1.22. The number of hydrogen-bond acceptors (Lipinski definition) is 4. The van der Waals surface area contributed by atoms with Gasteiger partial charge in [0.05, 0.1) is 12.8 Å². The maximum absolute atomic E-state index is 12.5. The summed E-state index contributed by atoms with van der Waals surface area (Å²) < 4.78 is 68.4. The van der Waals surface area contributed by atoms with Crippen molar-refractivity contribution in [2.45, 2.75) is 30.7 Å². The second-order valence-corrected chi connectivity index (χ2v) is 7.44. The fourth-order valence-corrected chi connectivity index (χ4v) is 4.27. The number of sulfonamides is 1. The van der Waals surface area contributed by atoms with Crippen LogP contribution < -0.4 is 0 Å². The summed E-state index contributed by atoms with van der Waals surface area (Å²) in [6.45, 7) is 2.21. The molecule has 0 spiro atoms. The van der Waals surface area contributed by atoms with Crippen molar-refractivity contribution in [1.82, 2.24) is 9.21 Å². The first-order valence-electron chi connectivity index (χ1n) is 6.38. The molecule has 0 bridgehead atoms. The minimum Gasteiger partial charge on any atom is -0.452 e. The Hall–Kier alpha value is -1.06. The molecule has 0 radical (unpaired) electrons. The molecule has 0 saturated carbocycles. The molecule has 9 heteroatoms. The van der Waals surface area contributed by atoms with Crippen molar-refractivity contribution in [3.05, 3.63) is 18.4 Å². The van der Waals surface area contributed by atoms with Crippen molar-refractivity contribution in [2.24, 2.45) is 0 Å². The van der Waals surface area contributed by atoms with Crippen LogP contribution in [-0.2, 0) is 10.0 Å². The lowest BCUT2D eigenvalue weighted by molar-refractivity contribution is -0.152. The van der Waals surface area contributed by atoms with Gasteiger partial charge in [0.1, 0.15) is 0 Å². The van der Waals surface area contributed by atoms with E-state index >= 15 is 0 Å². The van der Waals surface area contributed by atoms with Crippen molar-refractivity contribution >= 4 is 10.0 Å². The standard InChI is InChI=1S/C12H17F3N2O3S/c1-11(2)8-16(9-12(13,14)15)5-6-17(11)21(18,19)10-4-3-7-20-10/h3-4,7H,5-6,8-9H2,1-2H3. The number of nitrogens with zero attached hydrogens (tertiary/aromatic N) is 2. The van der Waals surface area contributed by atoms with E-state index in [0.717, 1.165) is 0 Å². The summed E-state index contributed by atoms with van der Waals surface area (Å²) in [5.74, 6) is 0. The first-order chi connectivity index (χ1) is 9.52. The number of alkyl halides is 3. The summed E-state index contributed by atoms with van der Waals surface area (Å²) >= 11 is 0. The number of hydrogen-bond donors (Lipinski definition) is 0. The van der Waals surface area contributed by atoms with Crippen molar-refractivity contribution in [1.29, 1.82) is 0 Å². The molecule has 0 amide bonds. The second kappa shape index (κ2) is 5.29. The zero-order valence-electron chi connectivity index (χ0n) is 11.7. The zero-order chi connectivity index (χ0) is 15.9. The van der Waals surface area contributed by atoms with Crippen molar-refractivity contribution in [3.63, 3.8) is 0 Å². The van der Waals surface area contributed by atoms with Gasteiger partial charge >= 0.3 is 6.18 Å². The molecule has 0 atom stereocenters. The van der Waals surface area contributed by atoms with Gasteiger partial charge in [-0.25, -0.2) is 8.42 Å². The van der Waals surface area contributed by atoms with Gasteiger partial charge in [-0.3, -0.25) is 4.90 Å². The van der Waals surface area contributed by atoms with Gasteiger partial charge in [-0.15, -0.1) is 0 Å². The predicted octanol–water partition coefficient (Wildman–Crippen LogP) is 1.93. The summed E-state index contributed by atoms with van der Waals surface area (Å²) in [6.07, 6.45) is -3.04. The molecule has 1 aliphatic heterocycles. The molecule has 1 aromatic heterocycles. The van der Waals surface area contributed by atoms with E-state index in [9.17, 15) is 21.6 Å². The Bertz CT molecular complexity index is 581. The lowest BCUT2D eigenvalue weighted by atomic mass is 10.0. The second-order valence-electron chi connectivity index (χ2n) is 5.65. The van der Waals surface area contributed by atoms with E-state index in [4.69, 9.17) is 4.42 Å². The van der Waals surface area contributed by atoms with Crippen LogP contribution >= 0.6 is 0 Å². The Morgan fingerprint density at radius 3 is 2.48 bits per heavy atom. The highest BCUT2D eigenvalue weighted by atomic mass is 32.2. The molecule has 1 aromatic rings. The van der Waals surface area contributed by atoms with E-state index in [2.05, 4.69) is 0 Å². The van der Waals surface area contributed by atoms with Gasteiger partial charge < -0.3 is 4.42 Å². The third-order valence-corrected chi connectivity index (χ3v) is 5.35. The number of furan rings is 1. The third-order valence-electron chi connectivity index (χ3n) is 3.35. The van der Waals surface area contributed by atoms with Gasteiger partial charge in [0, 0.05) is 25.2 Å². The Labute approximate surface area is 121 Å². The molecule has 1 saturated heterocycles. The van der Waals surface area contributed by atoms with Crippen LogP contribution in [-0.4, -0.2) is 55.5 Å². The van der Waals surface area contributed by atoms with Gasteiger partial charge in [0.15, 0.2) is 0 Å². The Morgan fingerprint density at radius 1 is 1.33 bits per heavy atom. The Kier molecular flexibility index (Phi) is 4.11. The van der Waals surface area contributed by atoms with E-state index in [1.54, 1.807) is 13.8 Å². The van der Waals surface area contributed by atoms with E-state index in [0.29, 0.717) is 0 Å². The number of piperazine rings is 1. The monoisotopic (exact) mass is 326 g/mol. The molecule has 5 nitrogen and oxygen atoms in total. The molecule has 120 valence electrons. The maximum Gasteiger partial charge on any atom is 0.401 e. The molecule has 2 heterocycles. The fraction of sp³-hybridized carbons (Fsp3) is 0.667. The summed E-state index contributed by atoms with van der Waals surface area (Å²) in [6, 6.07) is 2.79. The van der Waals surface area contributed by atoms with E-state index in [1.165, 1.54) is 27.6 Å². The van der Waals surface area contributed by atoms with Gasteiger partial charge in [0.2, 0.25) is 5.09 Å². The molecule has 0 aliphatic carbocycles. The molecule has 0 unspecified atom stereocenters. The van der Waals surface area contributed by atoms with Crippen LogP contribution in [0.1, 0.15) is 13.8 Å². The van der Waals surface area contributed by atoms with Crippen LogP contribution in [0.2, 0.25) is 0 Å². The molecule has 1 aliphatic rings. The van der Waals surface area contributed by atoms with Crippen molar-refractivity contribution in [3.8, 4) is 0 Å². The van der Waals surface area contributed by atoms with Crippen LogP contribution in [0.25, 0.3) is 0 Å². The van der Waals surface area contributed by atoms with Gasteiger partial charge in [-0.1, -0.05) is 0 Å². The Morgan fingerprint density at radius 2 is 2.00 bits per heavy atom. The van der Waals surface area contributed by atoms with Crippen LogP contribution in [0.5, 0.6) is 0 Å². The highest BCUT2D eigenvalue weighted by Crippen LogP contribution is 2.30. The highest BCUT2D eigenvalue weighted by Gasteiger charge is 2.44. The largest absolute Gasteiger partial charge is 0.452 e. The van der Waals surface area contributed by atoms with Gasteiger partial charge in [-0.2, -0.15) is 17.5 Å². The van der Waals surface area contributed by atoms with Crippen LogP contribution in [0.3, 0.4) is 0 Å². The first-order valence-corrected chi connectivity index (χ1v) is 7.82. The van der Waals surface area contributed by atoms with Crippen molar-refractivity contribution in [2.75, 3.05) is 26.2 Å². The van der Waals surface area contributed by atoms with E-state index < -0.39 is 28.3 Å². The van der Waals surface area contributed by atoms with Crippen LogP contribution in [0, 0.1) is 0 Å². The smallest absolute Gasteiger partial charge is 0.401 e. The molecule has 0 N–H and O–H groups in total. The number of rotatable bonds is 3. The third kappa shape index (κ3) is 3.58. The SMILES string of the molecule is CC1(C)CN(CC(F)(F)F)CCN1S(=O)(=O)c1ccco1. The van der Waals surface area contributed by atoms with Crippen LogP contribution in [0.15, 0.2) is 27.9 Å². The summed E-state index contributed by atoms with van der Waals surface area (Å²) in [7, 11) is -3.83. The zero-order valence-corrected chi connectivity index (χ0v) is 12.5. The number of halogens is 3. The van der Waals surface area contributed by atoms with Crippen molar-refractivity contribution < 1.29 is 26.0 Å². The Balaban J connectivity index is 2.18. The molecule has 21 heavy (non-hydrogen) atoms. The van der Waals surface area contributed by atoms with E-state index in [-0.39, 0.29) is 24.7 Å².